The van der Waals surface area contributed by atoms with Gasteiger partial charge in [0.25, 0.3) is 0 Å². The third-order valence-electron chi connectivity index (χ3n) is 3.10. The number of hydrogen-bond donors (Lipinski definition) is 1. The van der Waals surface area contributed by atoms with Gasteiger partial charge in [-0.2, -0.15) is 0 Å². The number of anilines is 1. The van der Waals surface area contributed by atoms with Crippen molar-refractivity contribution in [3.8, 4) is 5.75 Å². The van der Waals surface area contributed by atoms with E-state index >= 15 is 0 Å². The van der Waals surface area contributed by atoms with Gasteiger partial charge in [0.05, 0.1) is 0 Å². The zero-order valence-corrected chi connectivity index (χ0v) is 9.86. The Balaban J connectivity index is 1.94. The minimum Gasteiger partial charge on any atom is -0.492 e. The standard InChI is InChI=1S/C13H20N2O/c1-2-11-9-15(10-11)12-4-3-5-13(8-12)16-7-6-14/h3-5,8,11H,2,6-7,9-10,14H2,1H3. The van der Waals surface area contributed by atoms with Gasteiger partial charge in [0.15, 0.2) is 0 Å². The van der Waals surface area contributed by atoms with E-state index < -0.39 is 0 Å². The van der Waals surface area contributed by atoms with Crippen LogP contribution in [0.25, 0.3) is 0 Å². The summed E-state index contributed by atoms with van der Waals surface area (Å²) in [5.74, 6) is 1.79. The molecule has 0 radical (unpaired) electrons. The van der Waals surface area contributed by atoms with Crippen LogP contribution in [-0.2, 0) is 0 Å². The highest BCUT2D eigenvalue weighted by atomic mass is 16.5. The minimum absolute atomic E-state index is 0.561. The highest BCUT2D eigenvalue weighted by molar-refractivity contribution is 5.52. The fourth-order valence-corrected chi connectivity index (χ4v) is 1.99. The molecule has 0 unspecified atom stereocenters. The van der Waals surface area contributed by atoms with E-state index in [9.17, 15) is 0 Å². The zero-order valence-electron chi connectivity index (χ0n) is 9.86. The van der Waals surface area contributed by atoms with E-state index in [-0.39, 0.29) is 0 Å². The fraction of sp³-hybridized carbons (Fsp3) is 0.538. The van der Waals surface area contributed by atoms with Gasteiger partial charge in [-0.3, -0.25) is 0 Å². The molecule has 0 aliphatic carbocycles. The summed E-state index contributed by atoms with van der Waals surface area (Å²) in [7, 11) is 0. The Morgan fingerprint density at radius 3 is 2.94 bits per heavy atom. The van der Waals surface area contributed by atoms with Crippen LogP contribution >= 0.6 is 0 Å². The summed E-state index contributed by atoms with van der Waals surface area (Å²) in [5.41, 5.74) is 6.68. The van der Waals surface area contributed by atoms with Gasteiger partial charge in [0, 0.05) is 31.4 Å². The topological polar surface area (TPSA) is 38.5 Å². The van der Waals surface area contributed by atoms with Crippen LogP contribution in [0, 0.1) is 5.92 Å². The number of nitrogens with two attached hydrogens (primary N) is 1. The van der Waals surface area contributed by atoms with Gasteiger partial charge in [-0.1, -0.05) is 13.0 Å². The summed E-state index contributed by atoms with van der Waals surface area (Å²) in [6, 6.07) is 8.26. The first-order chi connectivity index (χ1) is 7.83. The van der Waals surface area contributed by atoms with E-state index in [1.165, 1.54) is 25.2 Å². The smallest absolute Gasteiger partial charge is 0.121 e. The van der Waals surface area contributed by atoms with Crippen molar-refractivity contribution in [2.24, 2.45) is 11.7 Å². The van der Waals surface area contributed by atoms with Gasteiger partial charge in [-0.25, -0.2) is 0 Å². The van der Waals surface area contributed by atoms with Gasteiger partial charge < -0.3 is 15.4 Å². The Morgan fingerprint density at radius 1 is 1.44 bits per heavy atom. The Bertz CT molecular complexity index is 334. The second-order valence-corrected chi connectivity index (χ2v) is 4.31. The van der Waals surface area contributed by atoms with E-state index in [1.54, 1.807) is 0 Å². The van der Waals surface area contributed by atoms with Crippen molar-refractivity contribution in [2.75, 3.05) is 31.1 Å². The minimum atomic E-state index is 0.561. The first-order valence-electron chi connectivity index (χ1n) is 6.01. The highest BCUT2D eigenvalue weighted by Gasteiger charge is 2.25. The monoisotopic (exact) mass is 220 g/mol. The van der Waals surface area contributed by atoms with Crippen LogP contribution in [0.15, 0.2) is 24.3 Å². The predicted octanol–water partition coefficient (Wildman–Crippen LogP) is 1.87. The molecule has 1 fully saturated rings. The molecule has 1 aromatic rings. The summed E-state index contributed by atoms with van der Waals surface area (Å²) in [4.78, 5) is 2.39. The molecule has 1 saturated heterocycles. The van der Waals surface area contributed by atoms with Gasteiger partial charge >= 0.3 is 0 Å². The van der Waals surface area contributed by atoms with E-state index in [0.29, 0.717) is 13.2 Å². The summed E-state index contributed by atoms with van der Waals surface area (Å²) < 4.78 is 5.52. The number of hydrogen-bond acceptors (Lipinski definition) is 3. The van der Waals surface area contributed by atoms with Crippen LogP contribution in [0.4, 0.5) is 5.69 Å². The highest BCUT2D eigenvalue weighted by Crippen LogP contribution is 2.28. The van der Waals surface area contributed by atoms with Gasteiger partial charge in [-0.15, -0.1) is 0 Å². The third-order valence-corrected chi connectivity index (χ3v) is 3.10. The molecule has 3 heteroatoms. The summed E-state index contributed by atoms with van der Waals surface area (Å²) in [6.45, 7) is 5.75. The fourth-order valence-electron chi connectivity index (χ4n) is 1.99. The van der Waals surface area contributed by atoms with Crippen molar-refractivity contribution in [1.82, 2.24) is 0 Å². The number of ether oxygens (including phenoxy) is 1. The molecule has 1 heterocycles. The molecule has 3 nitrogen and oxygen atoms in total. The van der Waals surface area contributed by atoms with Crippen LogP contribution in [0.1, 0.15) is 13.3 Å². The van der Waals surface area contributed by atoms with Crippen molar-refractivity contribution >= 4 is 5.69 Å². The molecule has 0 spiro atoms. The average molecular weight is 220 g/mol. The largest absolute Gasteiger partial charge is 0.492 e. The summed E-state index contributed by atoms with van der Waals surface area (Å²) >= 11 is 0. The van der Waals surface area contributed by atoms with Crippen molar-refractivity contribution in [3.05, 3.63) is 24.3 Å². The van der Waals surface area contributed by atoms with Crippen LogP contribution < -0.4 is 15.4 Å². The zero-order chi connectivity index (χ0) is 11.4. The molecule has 2 N–H and O–H groups in total. The lowest BCUT2D eigenvalue weighted by Crippen LogP contribution is -2.46. The third kappa shape index (κ3) is 2.47. The van der Waals surface area contributed by atoms with E-state index in [0.717, 1.165) is 11.7 Å². The van der Waals surface area contributed by atoms with Crippen LogP contribution in [-0.4, -0.2) is 26.2 Å². The molecule has 2 rings (SSSR count). The second kappa shape index (κ2) is 5.21. The molecule has 0 saturated carbocycles. The molecule has 1 aromatic carbocycles. The van der Waals surface area contributed by atoms with Gasteiger partial charge in [0.2, 0.25) is 0 Å². The summed E-state index contributed by atoms with van der Waals surface area (Å²) in [5, 5.41) is 0. The molecular weight excluding hydrogens is 200 g/mol. The molecule has 1 aliphatic heterocycles. The van der Waals surface area contributed by atoms with Crippen LogP contribution in [0.2, 0.25) is 0 Å². The number of nitrogens with zero attached hydrogens (tertiary/aromatic N) is 1. The molecule has 0 amide bonds. The lowest BCUT2D eigenvalue weighted by Gasteiger charge is -2.40. The maximum absolute atomic E-state index is 5.52. The second-order valence-electron chi connectivity index (χ2n) is 4.31. The average Bonchev–Trinajstić information content (AvgIpc) is 2.26. The molecule has 16 heavy (non-hydrogen) atoms. The van der Waals surface area contributed by atoms with Crippen molar-refractivity contribution in [2.45, 2.75) is 13.3 Å². The molecule has 0 aromatic heterocycles. The maximum atomic E-state index is 5.52. The molecule has 0 atom stereocenters. The lowest BCUT2D eigenvalue weighted by atomic mass is 9.96. The lowest BCUT2D eigenvalue weighted by molar-refractivity contribution is 0.327. The van der Waals surface area contributed by atoms with Crippen molar-refractivity contribution < 1.29 is 4.74 Å². The Kier molecular flexibility index (Phi) is 3.67. The first kappa shape index (κ1) is 11.3. The quantitative estimate of drug-likeness (QED) is 0.823. The maximum Gasteiger partial charge on any atom is 0.121 e. The normalized spacial score (nSPS) is 16.0. The van der Waals surface area contributed by atoms with E-state index in [1.807, 2.05) is 12.1 Å². The van der Waals surface area contributed by atoms with Gasteiger partial charge in [-0.05, 0) is 24.5 Å². The SMILES string of the molecule is CCC1CN(c2cccc(OCCN)c2)C1. The Morgan fingerprint density at radius 2 is 2.25 bits per heavy atom. The van der Waals surface area contributed by atoms with E-state index in [2.05, 4.69) is 24.0 Å². The van der Waals surface area contributed by atoms with Crippen molar-refractivity contribution in [1.29, 1.82) is 0 Å². The summed E-state index contributed by atoms with van der Waals surface area (Å²) in [6.07, 6.45) is 1.28. The molecule has 1 aliphatic rings. The van der Waals surface area contributed by atoms with Gasteiger partial charge in [0.1, 0.15) is 12.4 Å². The first-order valence-corrected chi connectivity index (χ1v) is 6.01. The Labute approximate surface area is 97.2 Å². The number of benzene rings is 1. The molecular formula is C13H20N2O. The van der Waals surface area contributed by atoms with E-state index in [4.69, 9.17) is 10.5 Å². The van der Waals surface area contributed by atoms with Crippen LogP contribution in [0.3, 0.4) is 0 Å². The molecule has 0 bridgehead atoms. The van der Waals surface area contributed by atoms with Crippen LogP contribution in [0.5, 0.6) is 5.75 Å². The Hall–Kier alpha value is -1.22. The predicted molar refractivity (Wildman–Crippen MR) is 67.0 cm³/mol. The molecule has 88 valence electrons. The number of rotatable bonds is 5. The van der Waals surface area contributed by atoms with Crippen molar-refractivity contribution in [3.63, 3.8) is 0 Å².